The Balaban J connectivity index is 1.64. The Kier molecular flexibility index (Phi) is 5.22. The molecule has 0 unspecified atom stereocenters. The molecule has 0 amide bonds. The zero-order chi connectivity index (χ0) is 21.9. The van der Waals surface area contributed by atoms with Gasteiger partial charge in [-0.05, 0) is 35.4 Å². The SMILES string of the molecule is Fc1cccc(-c2ccc(-c3nc(-c4ccccc4)nc(-c4ccccc4)n3)c(F)c2)c1. The van der Waals surface area contributed by atoms with Crippen molar-refractivity contribution in [1.82, 2.24) is 15.0 Å². The van der Waals surface area contributed by atoms with Crippen molar-refractivity contribution in [3.05, 3.63) is 115 Å². The lowest BCUT2D eigenvalue weighted by Crippen LogP contribution is -2.01. The van der Waals surface area contributed by atoms with Crippen molar-refractivity contribution < 1.29 is 8.78 Å². The van der Waals surface area contributed by atoms with Crippen LogP contribution < -0.4 is 0 Å². The number of rotatable bonds is 4. The first-order chi connectivity index (χ1) is 15.7. The van der Waals surface area contributed by atoms with Crippen molar-refractivity contribution in [3.63, 3.8) is 0 Å². The van der Waals surface area contributed by atoms with Gasteiger partial charge in [0.2, 0.25) is 0 Å². The monoisotopic (exact) mass is 421 g/mol. The zero-order valence-corrected chi connectivity index (χ0v) is 16.9. The molecule has 32 heavy (non-hydrogen) atoms. The number of hydrogen-bond donors (Lipinski definition) is 0. The Morgan fingerprint density at radius 2 is 0.969 bits per heavy atom. The van der Waals surface area contributed by atoms with E-state index in [2.05, 4.69) is 15.0 Å². The van der Waals surface area contributed by atoms with Crippen LogP contribution in [-0.2, 0) is 0 Å². The van der Waals surface area contributed by atoms with Gasteiger partial charge in [-0.3, -0.25) is 0 Å². The number of aromatic nitrogens is 3. The molecule has 0 atom stereocenters. The van der Waals surface area contributed by atoms with Crippen LogP contribution in [0.1, 0.15) is 0 Å². The van der Waals surface area contributed by atoms with E-state index in [0.29, 0.717) is 22.8 Å². The molecule has 0 N–H and O–H groups in total. The van der Waals surface area contributed by atoms with Gasteiger partial charge in [0.25, 0.3) is 0 Å². The van der Waals surface area contributed by atoms with Crippen molar-refractivity contribution >= 4 is 0 Å². The van der Waals surface area contributed by atoms with Crippen LogP contribution in [0.5, 0.6) is 0 Å². The molecule has 4 aromatic carbocycles. The summed E-state index contributed by atoms with van der Waals surface area (Å²) >= 11 is 0. The normalized spacial score (nSPS) is 10.8. The number of benzene rings is 4. The van der Waals surface area contributed by atoms with Crippen LogP contribution in [0.4, 0.5) is 8.78 Å². The maximum Gasteiger partial charge on any atom is 0.167 e. The van der Waals surface area contributed by atoms with Crippen LogP contribution in [0, 0.1) is 11.6 Å². The van der Waals surface area contributed by atoms with Crippen molar-refractivity contribution in [2.24, 2.45) is 0 Å². The van der Waals surface area contributed by atoms with E-state index in [1.54, 1.807) is 24.3 Å². The third-order valence-corrected chi connectivity index (χ3v) is 5.07. The summed E-state index contributed by atoms with van der Waals surface area (Å²) in [7, 11) is 0. The molecule has 0 saturated heterocycles. The molecule has 0 aliphatic heterocycles. The van der Waals surface area contributed by atoms with E-state index in [1.807, 2.05) is 60.7 Å². The Bertz CT molecular complexity index is 1330. The Morgan fingerprint density at radius 1 is 0.438 bits per heavy atom. The Morgan fingerprint density at radius 3 is 1.53 bits per heavy atom. The highest BCUT2D eigenvalue weighted by Gasteiger charge is 2.15. The van der Waals surface area contributed by atoms with Gasteiger partial charge in [0, 0.05) is 11.1 Å². The van der Waals surface area contributed by atoms with Crippen LogP contribution in [0.3, 0.4) is 0 Å². The molecule has 3 nitrogen and oxygen atoms in total. The molecule has 0 aliphatic rings. The van der Waals surface area contributed by atoms with Gasteiger partial charge in [-0.25, -0.2) is 23.7 Å². The number of nitrogens with zero attached hydrogens (tertiary/aromatic N) is 3. The molecular weight excluding hydrogens is 404 g/mol. The minimum atomic E-state index is -0.490. The van der Waals surface area contributed by atoms with Gasteiger partial charge in [-0.15, -0.1) is 0 Å². The van der Waals surface area contributed by atoms with Crippen LogP contribution in [0.2, 0.25) is 0 Å². The second kappa shape index (κ2) is 8.47. The van der Waals surface area contributed by atoms with E-state index in [9.17, 15) is 4.39 Å². The molecular formula is C27H17F2N3. The second-order valence-corrected chi connectivity index (χ2v) is 7.24. The molecule has 1 heterocycles. The first-order valence-corrected chi connectivity index (χ1v) is 10.1. The molecule has 5 aromatic rings. The summed E-state index contributed by atoms with van der Waals surface area (Å²) in [5.74, 6) is 0.299. The van der Waals surface area contributed by atoms with Gasteiger partial charge in [0.15, 0.2) is 17.5 Å². The molecule has 0 spiro atoms. The summed E-state index contributed by atoms with van der Waals surface area (Å²) in [6.07, 6.45) is 0. The van der Waals surface area contributed by atoms with Gasteiger partial charge in [0.05, 0.1) is 5.56 Å². The lowest BCUT2D eigenvalue weighted by molar-refractivity contribution is 0.627. The highest BCUT2D eigenvalue weighted by Crippen LogP contribution is 2.29. The molecule has 0 bridgehead atoms. The average molecular weight is 421 g/mol. The highest BCUT2D eigenvalue weighted by molar-refractivity contribution is 5.70. The van der Waals surface area contributed by atoms with Crippen LogP contribution >= 0.6 is 0 Å². The minimum absolute atomic E-state index is 0.237. The van der Waals surface area contributed by atoms with E-state index in [-0.39, 0.29) is 17.2 Å². The van der Waals surface area contributed by atoms with Crippen LogP contribution in [-0.4, -0.2) is 15.0 Å². The Hall–Kier alpha value is -4.25. The summed E-state index contributed by atoms with van der Waals surface area (Å²) in [4.78, 5) is 13.7. The third kappa shape index (κ3) is 4.01. The standard InChI is InChI=1S/C27H17F2N3/c28-22-13-7-12-20(16-22)21-14-15-23(24(29)17-21)27-31-25(18-8-3-1-4-9-18)30-26(32-27)19-10-5-2-6-11-19/h1-17H. The minimum Gasteiger partial charge on any atom is -0.208 e. The summed E-state index contributed by atoms with van der Waals surface area (Å²) < 4.78 is 28.8. The summed E-state index contributed by atoms with van der Waals surface area (Å²) in [6, 6.07) is 29.8. The lowest BCUT2D eigenvalue weighted by atomic mass is 10.0. The molecule has 0 radical (unpaired) electrons. The zero-order valence-electron chi connectivity index (χ0n) is 16.9. The van der Waals surface area contributed by atoms with Gasteiger partial charge in [0.1, 0.15) is 11.6 Å². The van der Waals surface area contributed by atoms with E-state index in [0.717, 1.165) is 11.1 Å². The maximum absolute atomic E-state index is 15.2. The number of hydrogen-bond acceptors (Lipinski definition) is 3. The quantitative estimate of drug-likeness (QED) is 0.320. The van der Waals surface area contributed by atoms with Gasteiger partial charge in [-0.1, -0.05) is 78.9 Å². The summed E-state index contributed by atoms with van der Waals surface area (Å²) in [5.41, 5.74) is 3.05. The molecule has 5 heteroatoms. The van der Waals surface area contributed by atoms with Crippen molar-refractivity contribution in [2.45, 2.75) is 0 Å². The Labute approximate surface area is 184 Å². The smallest absolute Gasteiger partial charge is 0.167 e. The van der Waals surface area contributed by atoms with Crippen molar-refractivity contribution in [2.75, 3.05) is 0 Å². The molecule has 154 valence electrons. The average Bonchev–Trinajstić information content (AvgIpc) is 2.85. The molecule has 1 aromatic heterocycles. The maximum atomic E-state index is 15.2. The highest BCUT2D eigenvalue weighted by atomic mass is 19.1. The van der Waals surface area contributed by atoms with E-state index in [4.69, 9.17) is 0 Å². The van der Waals surface area contributed by atoms with E-state index >= 15 is 4.39 Å². The third-order valence-electron chi connectivity index (χ3n) is 5.07. The van der Waals surface area contributed by atoms with Crippen LogP contribution in [0.25, 0.3) is 45.3 Å². The van der Waals surface area contributed by atoms with Crippen molar-refractivity contribution in [1.29, 1.82) is 0 Å². The first kappa shape index (κ1) is 19.7. The predicted molar refractivity (Wildman–Crippen MR) is 121 cm³/mol. The summed E-state index contributed by atoms with van der Waals surface area (Å²) in [6.45, 7) is 0. The van der Waals surface area contributed by atoms with Gasteiger partial charge >= 0.3 is 0 Å². The number of halogens is 2. The summed E-state index contributed by atoms with van der Waals surface area (Å²) in [5, 5.41) is 0. The fraction of sp³-hybridized carbons (Fsp3) is 0. The molecule has 0 fully saturated rings. The lowest BCUT2D eigenvalue weighted by Gasteiger charge is -2.10. The van der Waals surface area contributed by atoms with Gasteiger partial charge < -0.3 is 0 Å². The second-order valence-electron chi connectivity index (χ2n) is 7.24. The molecule has 0 saturated carbocycles. The van der Waals surface area contributed by atoms with E-state index < -0.39 is 5.82 Å². The molecule has 0 aliphatic carbocycles. The van der Waals surface area contributed by atoms with Gasteiger partial charge in [-0.2, -0.15) is 0 Å². The fourth-order valence-electron chi connectivity index (χ4n) is 3.47. The molecule has 5 rings (SSSR count). The van der Waals surface area contributed by atoms with Crippen molar-refractivity contribution in [3.8, 4) is 45.3 Å². The topological polar surface area (TPSA) is 38.7 Å². The predicted octanol–water partition coefficient (Wildman–Crippen LogP) is 6.82. The van der Waals surface area contributed by atoms with Crippen LogP contribution in [0.15, 0.2) is 103 Å². The largest absolute Gasteiger partial charge is 0.208 e. The van der Waals surface area contributed by atoms with E-state index in [1.165, 1.54) is 18.2 Å². The first-order valence-electron chi connectivity index (χ1n) is 10.1. The fourth-order valence-corrected chi connectivity index (χ4v) is 3.47.